The van der Waals surface area contributed by atoms with E-state index in [1.165, 1.54) is 12.1 Å². The quantitative estimate of drug-likeness (QED) is 0.600. The summed E-state index contributed by atoms with van der Waals surface area (Å²) in [5, 5.41) is 7.42. The summed E-state index contributed by atoms with van der Waals surface area (Å²) in [6.45, 7) is 1.79. The van der Waals surface area contributed by atoms with Crippen LogP contribution in [-0.2, 0) is 15.0 Å². The van der Waals surface area contributed by atoms with Gasteiger partial charge in [-0.2, -0.15) is 8.42 Å². The number of carbonyl (C=O) groups excluding carboxylic acids is 1. The normalized spacial score (nSPS) is 12.8. The number of carbonyl (C=O) groups is 1. The van der Waals surface area contributed by atoms with E-state index in [2.05, 4.69) is 10.0 Å². The van der Waals surface area contributed by atoms with Gasteiger partial charge in [0.1, 0.15) is 0 Å². The summed E-state index contributed by atoms with van der Waals surface area (Å²) >= 11 is 0. The number of amides is 1. The number of benzene rings is 1. The van der Waals surface area contributed by atoms with Gasteiger partial charge in [0.15, 0.2) is 0 Å². The molecule has 1 aromatic rings. The van der Waals surface area contributed by atoms with Crippen LogP contribution in [0.5, 0.6) is 0 Å². The third kappa shape index (κ3) is 4.70. The second-order valence-electron chi connectivity index (χ2n) is 3.73. The highest BCUT2D eigenvalue weighted by Gasteiger charge is 2.11. The summed E-state index contributed by atoms with van der Waals surface area (Å²) in [5.41, 5.74) is 6.27. The smallest absolute Gasteiger partial charge is 0.296 e. The van der Waals surface area contributed by atoms with Crippen molar-refractivity contribution in [2.75, 3.05) is 10.0 Å². The molecule has 1 amide bonds. The lowest BCUT2D eigenvalue weighted by Gasteiger charge is -2.11. The molecule has 0 saturated heterocycles. The van der Waals surface area contributed by atoms with Gasteiger partial charge in [0.2, 0.25) is 5.91 Å². The van der Waals surface area contributed by atoms with Gasteiger partial charge in [0.05, 0.1) is 11.7 Å². The highest BCUT2D eigenvalue weighted by atomic mass is 32.2. The molecule has 0 heterocycles. The van der Waals surface area contributed by atoms with Gasteiger partial charge < -0.3 is 11.1 Å². The lowest BCUT2D eigenvalue weighted by molar-refractivity contribution is -0.117. The molecule has 100 valence electrons. The van der Waals surface area contributed by atoms with Gasteiger partial charge in [0.25, 0.3) is 10.2 Å². The summed E-state index contributed by atoms with van der Waals surface area (Å²) in [7, 11) is -3.83. The van der Waals surface area contributed by atoms with Crippen LogP contribution in [0.2, 0.25) is 0 Å². The molecule has 1 rings (SSSR count). The Morgan fingerprint density at radius 2 is 2.00 bits per heavy atom. The van der Waals surface area contributed by atoms with Gasteiger partial charge >= 0.3 is 0 Å². The summed E-state index contributed by atoms with van der Waals surface area (Å²) in [5.74, 6) is -0.328. The van der Waals surface area contributed by atoms with Gasteiger partial charge in [-0.3, -0.25) is 9.52 Å². The Labute approximate surface area is 106 Å². The largest absolute Gasteiger partial charge is 0.325 e. The van der Waals surface area contributed by atoms with Crippen molar-refractivity contribution in [3.05, 3.63) is 24.3 Å². The van der Waals surface area contributed by atoms with Crippen LogP contribution >= 0.6 is 0 Å². The third-order valence-electron chi connectivity index (χ3n) is 2.17. The van der Waals surface area contributed by atoms with E-state index < -0.39 is 16.3 Å². The molecule has 0 unspecified atom stereocenters. The van der Waals surface area contributed by atoms with Crippen molar-refractivity contribution in [3.63, 3.8) is 0 Å². The van der Waals surface area contributed by atoms with Crippen LogP contribution in [0.25, 0.3) is 0 Å². The fourth-order valence-corrected chi connectivity index (χ4v) is 1.70. The van der Waals surface area contributed by atoms with E-state index in [0.717, 1.165) is 0 Å². The van der Waals surface area contributed by atoms with Crippen LogP contribution in [0.15, 0.2) is 24.3 Å². The van der Waals surface area contributed by atoms with E-state index in [4.69, 9.17) is 10.9 Å². The molecule has 7 nitrogen and oxygen atoms in total. The summed E-state index contributed by atoms with van der Waals surface area (Å²) in [6, 6.07) is 5.57. The number of nitrogens with two attached hydrogens (primary N) is 2. The molecule has 0 aliphatic rings. The van der Waals surface area contributed by atoms with Crippen molar-refractivity contribution < 1.29 is 13.2 Å². The Morgan fingerprint density at radius 3 is 2.56 bits per heavy atom. The predicted octanol–water partition coefficient (Wildman–Crippen LogP) is -0.0222. The monoisotopic (exact) mass is 272 g/mol. The van der Waals surface area contributed by atoms with Crippen LogP contribution in [-0.4, -0.2) is 20.4 Å². The number of anilines is 2. The lowest BCUT2D eigenvalue weighted by Crippen LogP contribution is -2.34. The fourth-order valence-electron chi connectivity index (χ4n) is 1.25. The van der Waals surface area contributed by atoms with Crippen molar-refractivity contribution >= 4 is 27.5 Å². The van der Waals surface area contributed by atoms with Crippen LogP contribution in [0.4, 0.5) is 11.4 Å². The Morgan fingerprint density at radius 1 is 1.39 bits per heavy atom. The molecule has 1 atom stereocenters. The molecular weight excluding hydrogens is 256 g/mol. The maximum atomic E-state index is 11.5. The fraction of sp³-hybridized carbons (Fsp3) is 0.300. The molecule has 0 saturated carbocycles. The third-order valence-corrected chi connectivity index (χ3v) is 2.69. The molecule has 0 fully saturated rings. The molecular formula is C10H16N4O3S. The first-order valence-electron chi connectivity index (χ1n) is 5.29. The molecule has 1 aromatic carbocycles. The minimum atomic E-state index is -3.83. The first kappa shape index (κ1) is 14.4. The lowest BCUT2D eigenvalue weighted by atomic mass is 10.2. The number of hydrogen-bond donors (Lipinski definition) is 4. The second-order valence-corrected chi connectivity index (χ2v) is 5.03. The number of nitrogens with one attached hydrogen (secondary N) is 2. The number of hydrogen-bond acceptors (Lipinski definition) is 4. The van der Waals surface area contributed by atoms with E-state index in [-0.39, 0.29) is 11.6 Å². The van der Waals surface area contributed by atoms with Gasteiger partial charge in [-0.15, -0.1) is 0 Å². The van der Waals surface area contributed by atoms with Gasteiger partial charge in [-0.05, 0) is 24.6 Å². The topological polar surface area (TPSA) is 127 Å². The highest BCUT2D eigenvalue weighted by Crippen LogP contribution is 2.15. The molecule has 18 heavy (non-hydrogen) atoms. The van der Waals surface area contributed by atoms with Crippen molar-refractivity contribution in [2.24, 2.45) is 10.9 Å². The molecule has 0 aromatic heterocycles. The van der Waals surface area contributed by atoms with Crippen LogP contribution in [0.3, 0.4) is 0 Å². The van der Waals surface area contributed by atoms with Gasteiger partial charge in [-0.1, -0.05) is 13.0 Å². The van der Waals surface area contributed by atoms with Crippen molar-refractivity contribution in [2.45, 2.75) is 19.4 Å². The SMILES string of the molecule is CC[C@@H](N)C(=O)Nc1cccc(NS(N)(=O)=O)c1. The standard InChI is InChI=1S/C10H16N4O3S/c1-2-9(11)10(15)13-7-4-3-5-8(6-7)14-18(12,16)17/h3-6,9,14H,2,11H2,1H3,(H,13,15)(H2,12,16,17)/t9-/m1/s1. The van der Waals surface area contributed by atoms with Gasteiger partial charge in [0, 0.05) is 5.69 Å². The molecule has 6 N–H and O–H groups in total. The first-order valence-corrected chi connectivity index (χ1v) is 6.83. The maximum absolute atomic E-state index is 11.5. The Kier molecular flexibility index (Phi) is 4.65. The Hall–Kier alpha value is -1.64. The molecule has 0 aliphatic heterocycles. The molecule has 0 bridgehead atoms. The zero-order valence-electron chi connectivity index (χ0n) is 9.88. The van der Waals surface area contributed by atoms with E-state index in [9.17, 15) is 13.2 Å². The highest BCUT2D eigenvalue weighted by molar-refractivity contribution is 7.90. The maximum Gasteiger partial charge on any atom is 0.296 e. The summed E-state index contributed by atoms with van der Waals surface area (Å²) < 4.78 is 23.8. The Bertz CT molecular complexity index is 530. The van der Waals surface area contributed by atoms with Gasteiger partial charge in [-0.25, -0.2) is 5.14 Å². The average Bonchev–Trinajstić information content (AvgIpc) is 2.26. The van der Waals surface area contributed by atoms with Crippen molar-refractivity contribution in [1.29, 1.82) is 0 Å². The van der Waals surface area contributed by atoms with Crippen molar-refractivity contribution in [1.82, 2.24) is 0 Å². The zero-order chi connectivity index (χ0) is 13.8. The van der Waals surface area contributed by atoms with Crippen LogP contribution in [0, 0.1) is 0 Å². The molecule has 8 heteroatoms. The summed E-state index contributed by atoms with van der Waals surface area (Å²) in [4.78, 5) is 11.5. The van der Waals surface area contributed by atoms with E-state index in [0.29, 0.717) is 12.1 Å². The summed E-state index contributed by atoms with van der Waals surface area (Å²) in [6.07, 6.45) is 0.515. The second kappa shape index (κ2) is 5.80. The first-order chi connectivity index (χ1) is 8.31. The zero-order valence-corrected chi connectivity index (χ0v) is 10.7. The van der Waals surface area contributed by atoms with E-state index in [1.54, 1.807) is 19.1 Å². The molecule has 0 spiro atoms. The minimum Gasteiger partial charge on any atom is -0.325 e. The minimum absolute atomic E-state index is 0.264. The Balaban J connectivity index is 2.80. The molecule has 0 aliphatic carbocycles. The van der Waals surface area contributed by atoms with Crippen LogP contribution in [0.1, 0.15) is 13.3 Å². The van der Waals surface area contributed by atoms with E-state index in [1.807, 2.05) is 0 Å². The number of rotatable bonds is 5. The molecule has 0 radical (unpaired) electrons. The average molecular weight is 272 g/mol. The van der Waals surface area contributed by atoms with Crippen LogP contribution < -0.4 is 20.9 Å². The van der Waals surface area contributed by atoms with Crippen molar-refractivity contribution in [3.8, 4) is 0 Å². The predicted molar refractivity (Wildman–Crippen MR) is 70.1 cm³/mol. The van der Waals surface area contributed by atoms with E-state index >= 15 is 0 Å².